The highest BCUT2D eigenvalue weighted by Crippen LogP contribution is 2.38. The Balaban J connectivity index is 2.40. The van der Waals surface area contributed by atoms with Crippen LogP contribution < -0.4 is 5.32 Å². The highest BCUT2D eigenvalue weighted by molar-refractivity contribution is 9.10. The summed E-state index contributed by atoms with van der Waals surface area (Å²) in [5.41, 5.74) is 3.55. The fourth-order valence-electron chi connectivity index (χ4n) is 2.44. The molecule has 1 fully saturated rings. The Labute approximate surface area is 105 Å². The molecule has 16 heavy (non-hydrogen) atoms. The summed E-state index contributed by atoms with van der Waals surface area (Å²) in [6, 6.07) is 2.14. The van der Waals surface area contributed by atoms with E-state index in [0.29, 0.717) is 11.7 Å². The number of benzene rings is 1. The van der Waals surface area contributed by atoms with Gasteiger partial charge in [0.15, 0.2) is 0 Å². The van der Waals surface area contributed by atoms with Gasteiger partial charge in [0, 0.05) is 0 Å². The molecular weight excluding hydrogens is 266 g/mol. The van der Waals surface area contributed by atoms with Gasteiger partial charge in [-0.2, -0.15) is 0 Å². The first-order chi connectivity index (χ1) is 7.61. The standard InChI is InChI=1S/C13H18BrNO/c1-8-7-11(9(2)12(14)13(8)16)10-3-5-15-6-4-10/h7,10,15-16H,3-6H2,1-2H3. The molecule has 0 aromatic heterocycles. The van der Waals surface area contributed by atoms with Crippen LogP contribution in [0.1, 0.15) is 35.4 Å². The van der Waals surface area contributed by atoms with E-state index in [4.69, 9.17) is 0 Å². The van der Waals surface area contributed by atoms with Gasteiger partial charge in [-0.15, -0.1) is 0 Å². The number of halogens is 1. The van der Waals surface area contributed by atoms with Crippen molar-refractivity contribution in [1.29, 1.82) is 0 Å². The Morgan fingerprint density at radius 2 is 1.94 bits per heavy atom. The third-order valence-corrected chi connectivity index (χ3v) is 4.46. The second-order valence-corrected chi connectivity index (χ2v) is 5.39. The highest BCUT2D eigenvalue weighted by Gasteiger charge is 2.20. The fourth-order valence-corrected chi connectivity index (χ4v) is 2.99. The predicted octanol–water partition coefficient (Wildman–Crippen LogP) is 3.24. The van der Waals surface area contributed by atoms with E-state index in [1.165, 1.54) is 24.0 Å². The molecule has 2 N–H and O–H groups in total. The SMILES string of the molecule is Cc1cc(C2CCNCC2)c(C)c(Br)c1O. The summed E-state index contributed by atoms with van der Waals surface area (Å²) in [6.07, 6.45) is 2.38. The van der Waals surface area contributed by atoms with Crippen molar-refractivity contribution in [3.8, 4) is 5.75 Å². The molecule has 0 radical (unpaired) electrons. The van der Waals surface area contributed by atoms with Crippen LogP contribution in [0.15, 0.2) is 10.5 Å². The van der Waals surface area contributed by atoms with Crippen LogP contribution in [0.4, 0.5) is 0 Å². The molecule has 0 unspecified atom stereocenters. The van der Waals surface area contributed by atoms with Gasteiger partial charge in [-0.3, -0.25) is 0 Å². The average molecular weight is 284 g/mol. The molecule has 0 spiro atoms. The minimum atomic E-state index is 0.384. The van der Waals surface area contributed by atoms with Crippen LogP contribution in [0.2, 0.25) is 0 Å². The summed E-state index contributed by atoms with van der Waals surface area (Å²) < 4.78 is 0.862. The molecule has 2 rings (SSSR count). The highest BCUT2D eigenvalue weighted by atomic mass is 79.9. The first-order valence-electron chi connectivity index (χ1n) is 5.80. The lowest BCUT2D eigenvalue weighted by atomic mass is 9.86. The van der Waals surface area contributed by atoms with Crippen LogP contribution in [-0.2, 0) is 0 Å². The van der Waals surface area contributed by atoms with E-state index in [0.717, 1.165) is 23.1 Å². The molecular formula is C13H18BrNO. The minimum Gasteiger partial charge on any atom is -0.506 e. The quantitative estimate of drug-likeness (QED) is 0.829. The van der Waals surface area contributed by atoms with E-state index in [9.17, 15) is 5.11 Å². The molecule has 1 aromatic carbocycles. The van der Waals surface area contributed by atoms with Crippen molar-refractivity contribution in [3.63, 3.8) is 0 Å². The molecule has 0 amide bonds. The zero-order valence-electron chi connectivity index (χ0n) is 9.81. The molecule has 1 heterocycles. The normalized spacial score (nSPS) is 17.7. The molecule has 2 nitrogen and oxygen atoms in total. The van der Waals surface area contributed by atoms with Crippen molar-refractivity contribution >= 4 is 15.9 Å². The van der Waals surface area contributed by atoms with E-state index in [1.807, 2.05) is 6.92 Å². The molecule has 1 saturated heterocycles. The van der Waals surface area contributed by atoms with Crippen LogP contribution in [0, 0.1) is 13.8 Å². The minimum absolute atomic E-state index is 0.384. The molecule has 0 atom stereocenters. The lowest BCUT2D eigenvalue weighted by molar-refractivity contribution is 0.452. The van der Waals surface area contributed by atoms with Gasteiger partial charge >= 0.3 is 0 Å². The summed E-state index contributed by atoms with van der Waals surface area (Å²) in [4.78, 5) is 0. The topological polar surface area (TPSA) is 32.3 Å². The van der Waals surface area contributed by atoms with Gasteiger partial charge in [-0.05, 0) is 78.3 Å². The number of phenolic OH excluding ortho intramolecular Hbond substituents is 1. The van der Waals surface area contributed by atoms with Crippen molar-refractivity contribution in [1.82, 2.24) is 5.32 Å². The van der Waals surface area contributed by atoms with Gasteiger partial charge in [0.25, 0.3) is 0 Å². The maximum atomic E-state index is 9.85. The van der Waals surface area contributed by atoms with Crippen LogP contribution >= 0.6 is 15.9 Å². The number of nitrogens with one attached hydrogen (secondary N) is 1. The Morgan fingerprint density at radius 3 is 2.56 bits per heavy atom. The van der Waals surface area contributed by atoms with Crippen LogP contribution in [-0.4, -0.2) is 18.2 Å². The number of aromatic hydroxyl groups is 1. The van der Waals surface area contributed by atoms with E-state index in [-0.39, 0.29) is 0 Å². The van der Waals surface area contributed by atoms with Crippen LogP contribution in [0.5, 0.6) is 5.75 Å². The Morgan fingerprint density at radius 1 is 1.31 bits per heavy atom. The number of aryl methyl sites for hydroxylation is 1. The Hall–Kier alpha value is -0.540. The summed E-state index contributed by atoms with van der Waals surface area (Å²) in [5.74, 6) is 1.02. The van der Waals surface area contributed by atoms with Gasteiger partial charge in [-0.25, -0.2) is 0 Å². The smallest absolute Gasteiger partial charge is 0.132 e. The fraction of sp³-hybridized carbons (Fsp3) is 0.538. The number of hydrogen-bond donors (Lipinski definition) is 2. The molecule has 1 aromatic rings. The van der Waals surface area contributed by atoms with Gasteiger partial charge in [0.1, 0.15) is 5.75 Å². The predicted molar refractivity (Wildman–Crippen MR) is 70.1 cm³/mol. The van der Waals surface area contributed by atoms with Crippen LogP contribution in [0.25, 0.3) is 0 Å². The number of rotatable bonds is 1. The maximum Gasteiger partial charge on any atom is 0.132 e. The first kappa shape index (κ1) is 11.9. The zero-order chi connectivity index (χ0) is 11.7. The second-order valence-electron chi connectivity index (χ2n) is 4.59. The van der Waals surface area contributed by atoms with E-state index < -0.39 is 0 Å². The Bertz CT molecular complexity index is 397. The number of phenols is 1. The van der Waals surface area contributed by atoms with Gasteiger partial charge in [-0.1, -0.05) is 6.07 Å². The van der Waals surface area contributed by atoms with Crippen molar-refractivity contribution < 1.29 is 5.11 Å². The summed E-state index contributed by atoms with van der Waals surface area (Å²) >= 11 is 3.48. The number of piperidine rings is 1. The summed E-state index contributed by atoms with van der Waals surface area (Å²) in [5, 5.41) is 13.2. The first-order valence-corrected chi connectivity index (χ1v) is 6.60. The molecule has 3 heteroatoms. The van der Waals surface area contributed by atoms with E-state index in [2.05, 4.69) is 34.2 Å². The lowest BCUT2D eigenvalue weighted by Gasteiger charge is -2.25. The van der Waals surface area contributed by atoms with E-state index >= 15 is 0 Å². The molecule has 0 bridgehead atoms. The molecule has 0 saturated carbocycles. The zero-order valence-corrected chi connectivity index (χ0v) is 11.4. The molecule has 1 aliphatic heterocycles. The molecule has 0 aliphatic carbocycles. The van der Waals surface area contributed by atoms with Crippen molar-refractivity contribution in [2.24, 2.45) is 0 Å². The van der Waals surface area contributed by atoms with Crippen LogP contribution in [0.3, 0.4) is 0 Å². The summed E-state index contributed by atoms with van der Waals surface area (Å²) in [7, 11) is 0. The third kappa shape index (κ3) is 2.11. The summed E-state index contributed by atoms with van der Waals surface area (Å²) in [6.45, 7) is 6.24. The lowest BCUT2D eigenvalue weighted by Crippen LogP contribution is -2.27. The average Bonchev–Trinajstić information content (AvgIpc) is 2.32. The number of hydrogen-bond acceptors (Lipinski definition) is 2. The second kappa shape index (κ2) is 4.76. The molecule has 88 valence electrons. The van der Waals surface area contributed by atoms with Crippen molar-refractivity contribution in [3.05, 3.63) is 27.2 Å². The van der Waals surface area contributed by atoms with Gasteiger partial charge in [0.2, 0.25) is 0 Å². The van der Waals surface area contributed by atoms with Gasteiger partial charge < -0.3 is 10.4 Å². The van der Waals surface area contributed by atoms with Crippen molar-refractivity contribution in [2.75, 3.05) is 13.1 Å². The maximum absolute atomic E-state index is 9.85. The largest absolute Gasteiger partial charge is 0.506 e. The van der Waals surface area contributed by atoms with Crippen molar-refractivity contribution in [2.45, 2.75) is 32.6 Å². The third-order valence-electron chi connectivity index (χ3n) is 3.49. The van der Waals surface area contributed by atoms with E-state index in [1.54, 1.807) is 0 Å². The van der Waals surface area contributed by atoms with Gasteiger partial charge in [0.05, 0.1) is 4.47 Å². The monoisotopic (exact) mass is 283 g/mol. The Kier molecular flexibility index (Phi) is 3.55. The molecule has 1 aliphatic rings.